The first kappa shape index (κ1) is 15.1. The average Bonchev–Trinajstić information content (AvgIpc) is 3.08. The smallest absolute Gasteiger partial charge is 0.303 e. The van der Waals surface area contributed by atoms with Crippen LogP contribution in [-0.2, 0) is 22.6 Å². The third kappa shape index (κ3) is 5.30. The first-order valence-electron chi connectivity index (χ1n) is 6.42. The van der Waals surface area contributed by atoms with Crippen LogP contribution in [0.4, 0.5) is 5.13 Å². The number of anilines is 1. The molecule has 0 radical (unpaired) electrons. The zero-order chi connectivity index (χ0) is 15.1. The van der Waals surface area contributed by atoms with Crippen LogP contribution in [0, 0.1) is 0 Å². The number of rotatable bonds is 8. The van der Waals surface area contributed by atoms with Crippen LogP contribution in [0.3, 0.4) is 0 Å². The Morgan fingerprint density at radius 2 is 2.24 bits per heavy atom. The van der Waals surface area contributed by atoms with Gasteiger partial charge in [-0.05, 0) is 12.8 Å². The normalized spacial score (nSPS) is 10.5. The molecule has 0 spiro atoms. The van der Waals surface area contributed by atoms with Crippen molar-refractivity contribution in [3.05, 3.63) is 23.7 Å². The predicted octanol–water partition coefficient (Wildman–Crippen LogP) is 1.17. The summed E-state index contributed by atoms with van der Waals surface area (Å²) in [7, 11) is 0. The second kappa shape index (κ2) is 7.48. The van der Waals surface area contributed by atoms with Crippen molar-refractivity contribution in [3.63, 3.8) is 0 Å². The van der Waals surface area contributed by atoms with Crippen molar-refractivity contribution in [2.75, 3.05) is 5.32 Å². The van der Waals surface area contributed by atoms with Gasteiger partial charge in [0.15, 0.2) is 5.13 Å². The molecule has 21 heavy (non-hydrogen) atoms. The molecule has 0 unspecified atom stereocenters. The molecule has 112 valence electrons. The molecule has 2 aromatic heterocycles. The number of hydrogen-bond acceptors (Lipinski definition) is 6. The number of thiazole rings is 1. The van der Waals surface area contributed by atoms with Gasteiger partial charge in [-0.15, -0.1) is 11.3 Å². The predicted molar refractivity (Wildman–Crippen MR) is 76.0 cm³/mol. The molecule has 0 aliphatic carbocycles. The van der Waals surface area contributed by atoms with E-state index in [0.29, 0.717) is 24.5 Å². The summed E-state index contributed by atoms with van der Waals surface area (Å²) in [6, 6.07) is 0. The Kier molecular flexibility index (Phi) is 5.38. The maximum atomic E-state index is 11.7. The van der Waals surface area contributed by atoms with Gasteiger partial charge < -0.3 is 10.4 Å². The zero-order valence-corrected chi connectivity index (χ0v) is 12.0. The highest BCUT2D eigenvalue weighted by atomic mass is 32.1. The summed E-state index contributed by atoms with van der Waals surface area (Å²) in [5, 5.41) is 17.6. The minimum absolute atomic E-state index is 0.122. The fourth-order valence-corrected chi connectivity index (χ4v) is 2.41. The van der Waals surface area contributed by atoms with E-state index in [4.69, 9.17) is 5.11 Å². The highest BCUT2D eigenvalue weighted by molar-refractivity contribution is 7.13. The van der Waals surface area contributed by atoms with E-state index in [0.717, 1.165) is 5.69 Å². The molecule has 0 saturated carbocycles. The van der Waals surface area contributed by atoms with Gasteiger partial charge in [0.25, 0.3) is 0 Å². The third-order valence-electron chi connectivity index (χ3n) is 2.66. The molecule has 8 nitrogen and oxygen atoms in total. The Balaban J connectivity index is 1.73. The Morgan fingerprint density at radius 3 is 2.95 bits per heavy atom. The van der Waals surface area contributed by atoms with Crippen LogP contribution < -0.4 is 5.32 Å². The van der Waals surface area contributed by atoms with E-state index in [2.05, 4.69) is 20.4 Å². The molecule has 0 bridgehead atoms. The van der Waals surface area contributed by atoms with Gasteiger partial charge >= 0.3 is 5.97 Å². The summed E-state index contributed by atoms with van der Waals surface area (Å²) in [5.74, 6) is -0.955. The number of nitrogens with one attached hydrogen (secondary N) is 1. The second-order valence-electron chi connectivity index (χ2n) is 4.35. The molecule has 2 rings (SSSR count). The van der Waals surface area contributed by atoms with Gasteiger partial charge in [0.2, 0.25) is 5.91 Å². The SMILES string of the molecule is O=C(O)CCCc1csc(NC(=O)CCn2cncn2)n1. The van der Waals surface area contributed by atoms with Crippen LogP contribution in [0.1, 0.15) is 25.0 Å². The maximum absolute atomic E-state index is 11.7. The standard InChI is InChI=1S/C12H15N5O3S/c18-10(4-5-17-8-13-7-14-17)16-12-15-9(6-21-12)2-1-3-11(19)20/h6-8H,1-5H2,(H,19,20)(H,15,16,18). The minimum Gasteiger partial charge on any atom is -0.481 e. The number of aliphatic carboxylic acids is 1. The van der Waals surface area contributed by atoms with E-state index in [1.54, 1.807) is 11.0 Å². The van der Waals surface area contributed by atoms with E-state index < -0.39 is 5.97 Å². The summed E-state index contributed by atoms with van der Waals surface area (Å²) >= 11 is 1.33. The Labute approximate surface area is 124 Å². The maximum Gasteiger partial charge on any atom is 0.303 e. The van der Waals surface area contributed by atoms with Crippen molar-refractivity contribution in [3.8, 4) is 0 Å². The van der Waals surface area contributed by atoms with Crippen molar-refractivity contribution < 1.29 is 14.7 Å². The molecule has 9 heteroatoms. The quantitative estimate of drug-likeness (QED) is 0.757. The molecular weight excluding hydrogens is 294 g/mol. The van der Waals surface area contributed by atoms with Crippen LogP contribution in [0.5, 0.6) is 0 Å². The van der Waals surface area contributed by atoms with E-state index in [9.17, 15) is 9.59 Å². The molecule has 2 aromatic rings. The number of aryl methyl sites for hydroxylation is 2. The van der Waals surface area contributed by atoms with Crippen LogP contribution in [0.15, 0.2) is 18.0 Å². The van der Waals surface area contributed by atoms with E-state index in [-0.39, 0.29) is 18.7 Å². The number of hydrogen-bond donors (Lipinski definition) is 2. The lowest BCUT2D eigenvalue weighted by Crippen LogP contribution is -2.14. The minimum atomic E-state index is -0.813. The summed E-state index contributed by atoms with van der Waals surface area (Å²) in [6.45, 7) is 0.461. The van der Waals surface area contributed by atoms with Crippen molar-refractivity contribution in [1.82, 2.24) is 19.7 Å². The zero-order valence-electron chi connectivity index (χ0n) is 11.2. The lowest BCUT2D eigenvalue weighted by atomic mass is 10.2. The average molecular weight is 309 g/mol. The molecule has 2 heterocycles. The summed E-state index contributed by atoms with van der Waals surface area (Å²) in [5.41, 5.74) is 0.799. The molecule has 0 aliphatic rings. The van der Waals surface area contributed by atoms with E-state index in [1.807, 2.05) is 5.38 Å². The highest BCUT2D eigenvalue weighted by Gasteiger charge is 2.08. The first-order valence-corrected chi connectivity index (χ1v) is 7.30. The van der Waals surface area contributed by atoms with Gasteiger partial charge in [-0.3, -0.25) is 14.3 Å². The van der Waals surface area contributed by atoms with Crippen LogP contribution >= 0.6 is 11.3 Å². The molecule has 0 fully saturated rings. The largest absolute Gasteiger partial charge is 0.481 e. The van der Waals surface area contributed by atoms with Crippen molar-refractivity contribution in [2.45, 2.75) is 32.2 Å². The first-order chi connectivity index (χ1) is 10.1. The summed E-state index contributed by atoms with van der Waals surface area (Å²) < 4.78 is 1.58. The number of carboxylic acid groups (broad SMARTS) is 1. The number of carboxylic acids is 1. The van der Waals surface area contributed by atoms with E-state index in [1.165, 1.54) is 17.7 Å². The lowest BCUT2D eigenvalue weighted by Gasteiger charge is -2.01. The fraction of sp³-hybridized carbons (Fsp3) is 0.417. The Hall–Kier alpha value is -2.29. The van der Waals surface area contributed by atoms with Gasteiger partial charge in [-0.25, -0.2) is 9.97 Å². The van der Waals surface area contributed by atoms with Gasteiger partial charge in [0.1, 0.15) is 12.7 Å². The molecular formula is C12H15N5O3S. The number of carbonyl (C=O) groups excluding carboxylic acids is 1. The monoisotopic (exact) mass is 309 g/mol. The van der Waals surface area contributed by atoms with Gasteiger partial charge in [-0.2, -0.15) is 5.10 Å². The van der Waals surface area contributed by atoms with Crippen LogP contribution in [0.2, 0.25) is 0 Å². The number of amides is 1. The van der Waals surface area contributed by atoms with Crippen LogP contribution in [0.25, 0.3) is 0 Å². The van der Waals surface area contributed by atoms with Crippen molar-refractivity contribution >= 4 is 28.3 Å². The lowest BCUT2D eigenvalue weighted by molar-refractivity contribution is -0.137. The van der Waals surface area contributed by atoms with Gasteiger partial charge in [0.05, 0.1) is 12.2 Å². The van der Waals surface area contributed by atoms with Gasteiger partial charge in [-0.1, -0.05) is 0 Å². The highest BCUT2D eigenvalue weighted by Crippen LogP contribution is 2.17. The molecule has 0 aromatic carbocycles. The molecule has 0 saturated heterocycles. The third-order valence-corrected chi connectivity index (χ3v) is 3.46. The molecule has 2 N–H and O–H groups in total. The van der Waals surface area contributed by atoms with Crippen LogP contribution in [-0.4, -0.2) is 36.7 Å². The molecule has 1 amide bonds. The topological polar surface area (TPSA) is 110 Å². The van der Waals surface area contributed by atoms with E-state index >= 15 is 0 Å². The molecule has 0 aliphatic heterocycles. The summed E-state index contributed by atoms with van der Waals surface area (Å²) in [4.78, 5) is 30.2. The second-order valence-corrected chi connectivity index (χ2v) is 5.21. The van der Waals surface area contributed by atoms with Gasteiger partial charge in [0, 0.05) is 18.2 Å². The Bertz CT molecular complexity index is 596. The Morgan fingerprint density at radius 1 is 1.38 bits per heavy atom. The molecule has 0 atom stereocenters. The van der Waals surface area contributed by atoms with Crippen molar-refractivity contribution in [1.29, 1.82) is 0 Å². The number of carbonyl (C=O) groups is 2. The number of aromatic nitrogens is 4. The van der Waals surface area contributed by atoms with Crippen molar-refractivity contribution in [2.24, 2.45) is 0 Å². The summed E-state index contributed by atoms with van der Waals surface area (Å²) in [6.07, 6.45) is 4.52. The number of nitrogens with zero attached hydrogens (tertiary/aromatic N) is 4. The fourth-order valence-electron chi connectivity index (χ4n) is 1.65.